The first kappa shape index (κ1) is 23.5. The van der Waals surface area contributed by atoms with Crippen molar-refractivity contribution in [2.75, 3.05) is 23.3 Å². The van der Waals surface area contributed by atoms with Crippen molar-refractivity contribution < 1.29 is 18.0 Å². The van der Waals surface area contributed by atoms with Crippen LogP contribution in [0.2, 0.25) is 0 Å². The molecule has 0 radical (unpaired) electrons. The molecular formula is C25H22F3N7O. The number of hydrogen-bond acceptors (Lipinski definition) is 6. The van der Waals surface area contributed by atoms with Crippen molar-refractivity contribution in [1.29, 1.82) is 0 Å². The predicted octanol–water partition coefficient (Wildman–Crippen LogP) is 4.99. The van der Waals surface area contributed by atoms with E-state index >= 15 is 0 Å². The van der Waals surface area contributed by atoms with Gasteiger partial charge in [0.25, 0.3) is 5.91 Å². The van der Waals surface area contributed by atoms with Gasteiger partial charge in [-0.2, -0.15) is 18.3 Å². The Morgan fingerprint density at radius 2 is 1.78 bits per heavy atom. The molecule has 184 valence electrons. The molecule has 1 fully saturated rings. The summed E-state index contributed by atoms with van der Waals surface area (Å²) < 4.78 is 41.7. The molecule has 1 N–H and O–H groups in total. The summed E-state index contributed by atoms with van der Waals surface area (Å²) in [4.78, 5) is 19.0. The van der Waals surface area contributed by atoms with Crippen LogP contribution in [0, 0.1) is 0 Å². The van der Waals surface area contributed by atoms with E-state index in [9.17, 15) is 18.0 Å². The van der Waals surface area contributed by atoms with Crippen molar-refractivity contribution >= 4 is 17.4 Å². The highest BCUT2D eigenvalue weighted by atomic mass is 19.4. The molecule has 1 aliphatic rings. The van der Waals surface area contributed by atoms with Crippen LogP contribution in [0.4, 0.5) is 24.7 Å². The number of hydrogen-bond donors (Lipinski definition) is 1. The van der Waals surface area contributed by atoms with Crippen LogP contribution in [-0.2, 0) is 6.18 Å². The molecule has 1 saturated heterocycles. The van der Waals surface area contributed by atoms with E-state index in [1.807, 2.05) is 18.2 Å². The fourth-order valence-corrected chi connectivity index (χ4v) is 4.10. The van der Waals surface area contributed by atoms with E-state index in [2.05, 4.69) is 30.5 Å². The Kier molecular flexibility index (Phi) is 6.36. The predicted molar refractivity (Wildman–Crippen MR) is 128 cm³/mol. The molecule has 1 amide bonds. The number of pyridine rings is 1. The summed E-state index contributed by atoms with van der Waals surface area (Å²) >= 11 is 0. The monoisotopic (exact) mass is 493 g/mol. The first-order valence-corrected chi connectivity index (χ1v) is 11.5. The Bertz CT molecular complexity index is 1350. The van der Waals surface area contributed by atoms with Gasteiger partial charge in [0.1, 0.15) is 0 Å². The van der Waals surface area contributed by atoms with E-state index < -0.39 is 11.9 Å². The molecule has 0 bridgehead atoms. The summed E-state index contributed by atoms with van der Waals surface area (Å²) in [7, 11) is 0. The van der Waals surface area contributed by atoms with Gasteiger partial charge in [-0.25, -0.2) is 4.68 Å². The third-order valence-corrected chi connectivity index (χ3v) is 5.90. The summed E-state index contributed by atoms with van der Waals surface area (Å²) in [6, 6.07) is 14.2. The number of nitrogens with one attached hydrogen (secondary N) is 1. The number of halogens is 3. The highest BCUT2D eigenvalue weighted by Crippen LogP contribution is 2.33. The number of alkyl halides is 3. The van der Waals surface area contributed by atoms with Crippen LogP contribution in [-0.4, -0.2) is 44.0 Å². The van der Waals surface area contributed by atoms with Crippen LogP contribution in [0.25, 0.3) is 17.1 Å². The lowest BCUT2D eigenvalue weighted by molar-refractivity contribution is -0.142. The van der Waals surface area contributed by atoms with Gasteiger partial charge in [-0.1, -0.05) is 6.07 Å². The second-order valence-electron chi connectivity index (χ2n) is 8.40. The molecule has 0 unspecified atom stereocenters. The number of piperidine rings is 1. The van der Waals surface area contributed by atoms with Gasteiger partial charge in [-0.05, 0) is 67.8 Å². The van der Waals surface area contributed by atoms with E-state index in [-0.39, 0.29) is 23.2 Å². The molecule has 5 rings (SSSR count). The first-order valence-electron chi connectivity index (χ1n) is 11.5. The van der Waals surface area contributed by atoms with Crippen LogP contribution in [0.15, 0.2) is 67.0 Å². The van der Waals surface area contributed by atoms with E-state index in [0.29, 0.717) is 15.8 Å². The van der Waals surface area contributed by atoms with Gasteiger partial charge >= 0.3 is 6.18 Å². The largest absolute Gasteiger partial charge is 0.433 e. The number of aromatic nitrogens is 5. The molecule has 36 heavy (non-hydrogen) atoms. The minimum atomic E-state index is -4.67. The number of anilines is 2. The van der Waals surface area contributed by atoms with Crippen LogP contribution >= 0.6 is 0 Å². The topological polar surface area (TPSA) is 88.8 Å². The van der Waals surface area contributed by atoms with Crippen molar-refractivity contribution in [2.45, 2.75) is 25.4 Å². The Labute approximate surface area is 204 Å². The average Bonchev–Trinajstić information content (AvgIpc) is 3.37. The lowest BCUT2D eigenvalue weighted by Gasteiger charge is -2.29. The van der Waals surface area contributed by atoms with Gasteiger partial charge in [0.2, 0.25) is 0 Å². The fraction of sp³-hybridized carbons (Fsp3) is 0.240. The number of carbonyl (C=O) groups excluding carboxylic acids is 1. The molecule has 0 spiro atoms. The van der Waals surface area contributed by atoms with Crippen molar-refractivity contribution in [3.63, 3.8) is 0 Å². The van der Waals surface area contributed by atoms with Crippen molar-refractivity contribution in [1.82, 2.24) is 25.0 Å². The number of amides is 1. The zero-order valence-electron chi connectivity index (χ0n) is 19.1. The van der Waals surface area contributed by atoms with E-state index in [1.54, 1.807) is 18.2 Å². The Hall–Kier alpha value is -4.28. The van der Waals surface area contributed by atoms with E-state index in [1.165, 1.54) is 30.9 Å². The zero-order chi connectivity index (χ0) is 25.1. The van der Waals surface area contributed by atoms with Crippen LogP contribution in [0.5, 0.6) is 0 Å². The maximum absolute atomic E-state index is 13.7. The Balaban J connectivity index is 1.36. The summed E-state index contributed by atoms with van der Waals surface area (Å²) in [6.07, 6.45) is 1.73. The van der Waals surface area contributed by atoms with Gasteiger partial charge in [-0.3, -0.25) is 9.78 Å². The maximum atomic E-state index is 13.7. The molecule has 4 aromatic rings. The van der Waals surface area contributed by atoms with Gasteiger partial charge in [0, 0.05) is 42.3 Å². The molecule has 3 aromatic heterocycles. The number of nitrogens with zero attached hydrogens (tertiary/aromatic N) is 6. The molecule has 11 heteroatoms. The van der Waals surface area contributed by atoms with Crippen LogP contribution in [0.3, 0.4) is 0 Å². The number of carbonyl (C=O) groups is 1. The summed E-state index contributed by atoms with van der Waals surface area (Å²) in [6.45, 7) is 1.90. The van der Waals surface area contributed by atoms with Crippen LogP contribution in [0.1, 0.15) is 35.3 Å². The lowest BCUT2D eigenvalue weighted by Crippen LogP contribution is -2.29. The second kappa shape index (κ2) is 9.76. The van der Waals surface area contributed by atoms with Crippen LogP contribution < -0.4 is 10.2 Å². The normalized spacial score (nSPS) is 14.0. The SMILES string of the molecule is O=C(Nc1ccc(-n2nc(-c3cccnc3)cc2C(F)(F)F)nn1)c1cccc(N2CCCCC2)c1. The third kappa shape index (κ3) is 5.04. The molecule has 1 aliphatic heterocycles. The highest BCUT2D eigenvalue weighted by Gasteiger charge is 2.37. The van der Waals surface area contributed by atoms with Gasteiger partial charge in [0.05, 0.1) is 5.69 Å². The minimum absolute atomic E-state index is 0.100. The number of rotatable bonds is 5. The standard InChI is InChI=1S/C25H22F3N7O/c26-25(27,28)21-15-20(18-7-5-11-29-16-18)33-35(21)23-10-9-22(31-32-23)30-24(36)17-6-4-8-19(14-17)34-12-2-1-3-13-34/h4-11,14-16H,1-3,12-13H2,(H,30,31,36). The fourth-order valence-electron chi connectivity index (χ4n) is 4.10. The van der Waals surface area contributed by atoms with Crippen molar-refractivity contribution in [3.05, 3.63) is 78.2 Å². The molecule has 1 aromatic carbocycles. The Morgan fingerprint density at radius 3 is 2.47 bits per heavy atom. The molecule has 8 nitrogen and oxygen atoms in total. The van der Waals surface area contributed by atoms with E-state index in [0.717, 1.165) is 37.7 Å². The average molecular weight is 493 g/mol. The highest BCUT2D eigenvalue weighted by molar-refractivity contribution is 6.04. The molecular weight excluding hydrogens is 471 g/mol. The van der Waals surface area contributed by atoms with E-state index in [4.69, 9.17) is 0 Å². The summed E-state index contributed by atoms with van der Waals surface area (Å²) in [5.74, 6) is -0.410. The quantitative estimate of drug-likeness (QED) is 0.422. The van der Waals surface area contributed by atoms with Crippen molar-refractivity contribution in [2.24, 2.45) is 0 Å². The zero-order valence-corrected chi connectivity index (χ0v) is 19.1. The number of benzene rings is 1. The maximum Gasteiger partial charge on any atom is 0.433 e. The molecule has 4 heterocycles. The smallest absolute Gasteiger partial charge is 0.372 e. The lowest BCUT2D eigenvalue weighted by atomic mass is 10.1. The molecule has 0 atom stereocenters. The second-order valence-corrected chi connectivity index (χ2v) is 8.40. The summed E-state index contributed by atoms with van der Waals surface area (Å²) in [5, 5.41) is 14.5. The third-order valence-electron chi connectivity index (χ3n) is 5.90. The van der Waals surface area contributed by atoms with Gasteiger partial charge in [0.15, 0.2) is 17.3 Å². The van der Waals surface area contributed by atoms with Crippen molar-refractivity contribution in [3.8, 4) is 17.1 Å². The van der Waals surface area contributed by atoms with Gasteiger partial charge < -0.3 is 10.2 Å². The molecule has 0 saturated carbocycles. The minimum Gasteiger partial charge on any atom is -0.372 e. The Morgan fingerprint density at radius 1 is 0.944 bits per heavy atom. The van der Waals surface area contributed by atoms with Gasteiger partial charge in [-0.15, -0.1) is 10.2 Å². The first-order chi connectivity index (χ1) is 17.4. The summed E-state index contributed by atoms with van der Waals surface area (Å²) in [5.41, 5.74) is 0.971. The molecule has 0 aliphatic carbocycles.